The monoisotopic (exact) mass is 1380 g/mol. The van der Waals surface area contributed by atoms with E-state index < -0.39 is 12.7 Å². The number of alkyl halides is 6. The van der Waals surface area contributed by atoms with Gasteiger partial charge in [0.15, 0.2) is 0 Å². The SMILES string of the molecule is Cc1c(OC(F)(F)F)ccc(-c2c(I)cc(Cc3cc(I)c(-c4ccc(OC(F)(F)F)c(I)c4I)c(I)c3)cc2I)c1I. The van der Waals surface area contributed by atoms with Gasteiger partial charge in [0.25, 0.3) is 0 Å². The zero-order chi connectivity index (χ0) is 32.0. The van der Waals surface area contributed by atoms with Crippen LogP contribution in [0.1, 0.15) is 16.7 Å². The molecule has 0 saturated carbocycles. The fourth-order valence-electron chi connectivity index (χ4n) is 4.23. The van der Waals surface area contributed by atoms with Crippen molar-refractivity contribution >= 4 is 158 Å². The molecule has 4 aromatic carbocycles. The maximum Gasteiger partial charge on any atom is 0.573 e. The largest absolute Gasteiger partial charge is 0.573 e. The molecule has 0 aliphatic rings. The highest BCUT2D eigenvalue weighted by molar-refractivity contribution is 14.1. The van der Waals surface area contributed by atoms with Crippen molar-refractivity contribution in [3.05, 3.63) is 90.2 Å². The Morgan fingerprint density at radius 3 is 1.33 bits per heavy atom. The van der Waals surface area contributed by atoms with Gasteiger partial charge in [-0.3, -0.25) is 0 Å². The lowest BCUT2D eigenvalue weighted by Gasteiger charge is -2.18. The summed E-state index contributed by atoms with van der Waals surface area (Å²) < 4.78 is 90.9. The van der Waals surface area contributed by atoms with Gasteiger partial charge < -0.3 is 9.47 Å². The van der Waals surface area contributed by atoms with Crippen molar-refractivity contribution in [2.75, 3.05) is 0 Å². The third kappa shape index (κ3) is 9.20. The quantitative estimate of drug-likeness (QED) is 0.141. The first kappa shape index (κ1) is 37.0. The lowest BCUT2D eigenvalue weighted by atomic mass is 9.97. The summed E-state index contributed by atoms with van der Waals surface area (Å²) in [7, 11) is 0. The van der Waals surface area contributed by atoms with E-state index in [1.54, 1.807) is 19.1 Å². The van der Waals surface area contributed by atoms with E-state index >= 15 is 0 Å². The van der Waals surface area contributed by atoms with Gasteiger partial charge in [-0.15, -0.1) is 26.3 Å². The Labute approximate surface area is 338 Å². The molecule has 228 valence electrons. The maximum atomic E-state index is 12.8. The summed E-state index contributed by atoms with van der Waals surface area (Å²) >= 11 is 15.0. The van der Waals surface area contributed by atoms with Gasteiger partial charge in [0.2, 0.25) is 0 Å². The van der Waals surface area contributed by atoms with Crippen molar-refractivity contribution in [1.82, 2.24) is 0 Å². The predicted molar refractivity (Wildman–Crippen MR) is 214 cm³/mol. The summed E-state index contributed by atoms with van der Waals surface area (Å²) in [6.07, 6.45) is -8.89. The second kappa shape index (κ2) is 14.7. The van der Waals surface area contributed by atoms with E-state index in [-0.39, 0.29) is 11.5 Å². The number of ether oxygens (including phenoxy) is 2. The molecule has 15 heteroatoms. The van der Waals surface area contributed by atoms with Crippen LogP contribution < -0.4 is 9.47 Å². The van der Waals surface area contributed by atoms with E-state index in [2.05, 4.69) is 169 Å². The Morgan fingerprint density at radius 1 is 0.535 bits per heavy atom. The van der Waals surface area contributed by atoms with E-state index in [9.17, 15) is 26.3 Å². The minimum absolute atomic E-state index is 0.218. The van der Waals surface area contributed by atoms with Gasteiger partial charge in [0, 0.05) is 38.1 Å². The molecule has 0 aliphatic heterocycles. The van der Waals surface area contributed by atoms with Crippen molar-refractivity contribution in [2.24, 2.45) is 0 Å². The Balaban J connectivity index is 1.65. The molecular weight excluding hydrogens is 1370 g/mol. The molecule has 0 aromatic heterocycles. The average molecular weight is 1380 g/mol. The van der Waals surface area contributed by atoms with Crippen LogP contribution in [0.15, 0.2) is 48.5 Å². The Hall–Kier alpha value is 1.17. The summed E-state index contributed by atoms with van der Waals surface area (Å²) in [6.45, 7) is 1.61. The van der Waals surface area contributed by atoms with Crippen LogP contribution in [0.25, 0.3) is 22.3 Å². The molecule has 4 rings (SSSR count). The van der Waals surface area contributed by atoms with Crippen LogP contribution >= 0.6 is 158 Å². The van der Waals surface area contributed by atoms with Gasteiger partial charge >= 0.3 is 12.7 Å². The molecule has 0 radical (unpaired) electrons. The van der Waals surface area contributed by atoms with Crippen LogP contribution in [0, 0.1) is 31.9 Å². The van der Waals surface area contributed by atoms with Crippen molar-refractivity contribution in [2.45, 2.75) is 26.1 Å². The lowest BCUT2D eigenvalue weighted by Crippen LogP contribution is -2.18. The summed E-state index contributed by atoms with van der Waals surface area (Å²) in [5.41, 5.74) is 6.09. The average Bonchev–Trinajstić information content (AvgIpc) is 2.85. The molecule has 43 heavy (non-hydrogen) atoms. The molecule has 0 saturated heterocycles. The minimum Gasteiger partial charge on any atom is -0.405 e. The highest BCUT2D eigenvalue weighted by atomic mass is 127. The summed E-state index contributed by atoms with van der Waals surface area (Å²) in [5.74, 6) is -0.448. The lowest BCUT2D eigenvalue weighted by molar-refractivity contribution is -0.275. The van der Waals surface area contributed by atoms with E-state index in [1.165, 1.54) is 12.1 Å². The summed E-state index contributed by atoms with van der Waals surface area (Å²) in [4.78, 5) is 0. The minimum atomic E-state index is -4.77. The van der Waals surface area contributed by atoms with Gasteiger partial charge in [-0.2, -0.15) is 0 Å². The van der Waals surface area contributed by atoms with E-state index in [0.717, 1.165) is 47.7 Å². The number of hydrogen-bond acceptors (Lipinski definition) is 2. The third-order valence-electron chi connectivity index (χ3n) is 5.99. The van der Waals surface area contributed by atoms with Crippen molar-refractivity contribution < 1.29 is 35.8 Å². The Bertz CT molecular complexity index is 1550. The van der Waals surface area contributed by atoms with Crippen LogP contribution in [-0.2, 0) is 6.42 Å². The van der Waals surface area contributed by atoms with Gasteiger partial charge in [-0.05, 0) is 242 Å². The normalized spacial score (nSPS) is 12.0. The second-order valence-corrected chi connectivity index (χ2v) is 16.8. The topological polar surface area (TPSA) is 18.5 Å². The molecule has 0 unspecified atom stereocenters. The molecule has 0 heterocycles. The van der Waals surface area contributed by atoms with Crippen LogP contribution in [-0.4, -0.2) is 12.7 Å². The van der Waals surface area contributed by atoms with E-state index in [0.29, 0.717) is 22.7 Å². The maximum absolute atomic E-state index is 12.8. The molecule has 0 spiro atoms. The molecule has 0 bridgehead atoms. The van der Waals surface area contributed by atoms with Crippen LogP contribution in [0.4, 0.5) is 26.3 Å². The Morgan fingerprint density at radius 2 is 0.907 bits per heavy atom. The fraction of sp³-hybridized carbons (Fsp3) is 0.143. The number of benzene rings is 4. The van der Waals surface area contributed by atoms with Crippen molar-refractivity contribution in [3.63, 3.8) is 0 Å². The summed E-state index contributed by atoms with van der Waals surface area (Å²) in [5, 5.41) is 0. The molecule has 0 amide bonds. The van der Waals surface area contributed by atoms with Crippen LogP contribution in [0.3, 0.4) is 0 Å². The molecule has 0 fully saturated rings. The molecule has 0 atom stereocenters. The smallest absolute Gasteiger partial charge is 0.405 e. The zero-order valence-electron chi connectivity index (χ0n) is 21.1. The first-order chi connectivity index (χ1) is 19.9. The third-order valence-corrected chi connectivity index (χ3v) is 14.0. The van der Waals surface area contributed by atoms with Gasteiger partial charge in [0.1, 0.15) is 11.5 Å². The fourth-order valence-corrected chi connectivity index (χ4v) is 11.2. The van der Waals surface area contributed by atoms with Gasteiger partial charge in [0.05, 0.1) is 3.57 Å². The van der Waals surface area contributed by atoms with Crippen molar-refractivity contribution in [1.29, 1.82) is 0 Å². The first-order valence-electron chi connectivity index (χ1n) is 11.6. The van der Waals surface area contributed by atoms with E-state index in [1.807, 2.05) is 22.6 Å². The number of rotatable bonds is 6. The summed E-state index contributed by atoms with van der Waals surface area (Å²) in [6, 6.07) is 14.3. The molecule has 2 nitrogen and oxygen atoms in total. The Kier molecular flexibility index (Phi) is 12.7. The highest BCUT2D eigenvalue weighted by Gasteiger charge is 2.33. The van der Waals surface area contributed by atoms with Gasteiger partial charge in [-0.25, -0.2) is 0 Å². The molecule has 0 aliphatic carbocycles. The number of hydrogen-bond donors (Lipinski definition) is 0. The van der Waals surface area contributed by atoms with E-state index in [4.69, 9.17) is 0 Å². The highest BCUT2D eigenvalue weighted by Crippen LogP contribution is 2.42. The van der Waals surface area contributed by atoms with Crippen molar-refractivity contribution in [3.8, 4) is 33.8 Å². The van der Waals surface area contributed by atoms with Crippen LogP contribution in [0.5, 0.6) is 11.5 Å². The number of halogens is 13. The molecule has 0 N–H and O–H groups in total. The predicted octanol–water partition coefficient (Wildman–Crippen LogP) is 12.9. The standard InChI is InChI=1S/C28H13F6I7O2/c1-11-20(42-27(29,30)31)4-2-14(24(11)39)22-16(35)7-12(8-17(22)36)6-13-9-18(37)23(19(38)10-13)15-3-5-21(26(41)25(15)40)43-28(32,33)34/h2-5,7-10H,6H2,1H3. The first-order valence-corrected chi connectivity index (χ1v) is 19.2. The zero-order valence-corrected chi connectivity index (χ0v) is 36.2. The second-order valence-electron chi connectivity index (χ2n) is 8.93. The molecule has 4 aromatic rings. The van der Waals surface area contributed by atoms with Gasteiger partial charge in [-0.1, -0.05) is 0 Å². The van der Waals surface area contributed by atoms with Crippen LogP contribution in [0.2, 0.25) is 0 Å². The molecular formula is C28H13F6I7O2.